The molecule has 0 aliphatic rings. The molecule has 134 valence electrons. The Balaban J connectivity index is 2.04. The van der Waals surface area contributed by atoms with E-state index in [4.69, 9.17) is 0 Å². The van der Waals surface area contributed by atoms with Crippen LogP contribution in [0.4, 0.5) is 0 Å². The molecular formula is C22H34O2. The monoisotopic (exact) mass is 330 g/mol. The number of aromatic hydroxyl groups is 2. The van der Waals surface area contributed by atoms with Gasteiger partial charge in [0.05, 0.1) is 0 Å². The highest BCUT2D eigenvalue weighted by Gasteiger charge is 2.02. The van der Waals surface area contributed by atoms with Gasteiger partial charge in [-0.05, 0) is 56.7 Å². The first-order valence-electron chi connectivity index (χ1n) is 9.49. The van der Waals surface area contributed by atoms with Gasteiger partial charge in [0.15, 0.2) is 0 Å². The summed E-state index contributed by atoms with van der Waals surface area (Å²) in [7, 11) is 0. The van der Waals surface area contributed by atoms with Gasteiger partial charge in [0.25, 0.3) is 0 Å². The SMILES string of the molecule is CCCC=CCCCCCCCCC=Cc1cc(O)c(C)c(O)c1. The first-order chi connectivity index (χ1) is 11.6. The van der Waals surface area contributed by atoms with Crippen molar-refractivity contribution in [2.45, 2.75) is 78.1 Å². The minimum Gasteiger partial charge on any atom is -0.508 e. The van der Waals surface area contributed by atoms with E-state index < -0.39 is 0 Å². The molecule has 2 nitrogen and oxygen atoms in total. The maximum atomic E-state index is 9.69. The van der Waals surface area contributed by atoms with Crippen LogP contribution in [-0.4, -0.2) is 10.2 Å². The molecule has 0 bridgehead atoms. The maximum absolute atomic E-state index is 9.69. The van der Waals surface area contributed by atoms with Crippen LogP contribution in [0.15, 0.2) is 30.4 Å². The second-order valence-corrected chi connectivity index (χ2v) is 6.55. The van der Waals surface area contributed by atoms with Gasteiger partial charge in [0, 0.05) is 5.56 Å². The quantitative estimate of drug-likeness (QED) is 0.323. The van der Waals surface area contributed by atoms with Crippen molar-refractivity contribution in [2.75, 3.05) is 0 Å². The van der Waals surface area contributed by atoms with Crippen molar-refractivity contribution in [1.29, 1.82) is 0 Å². The van der Waals surface area contributed by atoms with Gasteiger partial charge in [-0.15, -0.1) is 0 Å². The molecule has 0 atom stereocenters. The van der Waals surface area contributed by atoms with E-state index in [1.165, 1.54) is 57.8 Å². The van der Waals surface area contributed by atoms with Crippen LogP contribution in [0.25, 0.3) is 6.08 Å². The van der Waals surface area contributed by atoms with Crippen molar-refractivity contribution in [3.63, 3.8) is 0 Å². The van der Waals surface area contributed by atoms with Crippen LogP contribution in [0.1, 0.15) is 82.3 Å². The van der Waals surface area contributed by atoms with Crippen molar-refractivity contribution in [3.05, 3.63) is 41.5 Å². The molecule has 0 aliphatic carbocycles. The third kappa shape index (κ3) is 8.81. The highest BCUT2D eigenvalue weighted by atomic mass is 16.3. The van der Waals surface area contributed by atoms with E-state index >= 15 is 0 Å². The van der Waals surface area contributed by atoms with Gasteiger partial charge in [-0.2, -0.15) is 0 Å². The summed E-state index contributed by atoms with van der Waals surface area (Å²) in [6, 6.07) is 3.39. The first kappa shape index (κ1) is 20.3. The molecule has 0 radical (unpaired) electrons. The number of hydrogen-bond donors (Lipinski definition) is 2. The maximum Gasteiger partial charge on any atom is 0.122 e. The summed E-state index contributed by atoms with van der Waals surface area (Å²) in [5, 5.41) is 19.4. The number of hydrogen-bond acceptors (Lipinski definition) is 2. The molecule has 1 aromatic rings. The zero-order valence-electron chi connectivity index (χ0n) is 15.4. The molecule has 0 saturated heterocycles. The Hall–Kier alpha value is -1.70. The Morgan fingerprint density at radius 3 is 1.83 bits per heavy atom. The van der Waals surface area contributed by atoms with Crippen LogP contribution in [0.5, 0.6) is 11.5 Å². The third-order valence-corrected chi connectivity index (χ3v) is 4.30. The summed E-state index contributed by atoms with van der Waals surface area (Å²) < 4.78 is 0. The lowest BCUT2D eigenvalue weighted by molar-refractivity contribution is 0.443. The number of rotatable bonds is 12. The fourth-order valence-corrected chi connectivity index (χ4v) is 2.65. The molecule has 24 heavy (non-hydrogen) atoms. The topological polar surface area (TPSA) is 40.5 Å². The van der Waals surface area contributed by atoms with Crippen molar-refractivity contribution in [1.82, 2.24) is 0 Å². The standard InChI is InChI=1S/C22H34O2/c1-3-4-5-6-7-8-9-10-11-12-13-14-15-16-20-17-21(23)19(2)22(24)18-20/h5-6,15-18,23-24H,3-4,7-14H2,1-2H3. The first-order valence-corrected chi connectivity index (χ1v) is 9.49. The summed E-state index contributed by atoms with van der Waals surface area (Å²) in [5.41, 5.74) is 1.39. The number of phenols is 2. The Kier molecular flexibility index (Phi) is 10.8. The Bertz CT molecular complexity index is 492. The molecule has 0 unspecified atom stereocenters. The highest BCUT2D eigenvalue weighted by molar-refractivity contribution is 5.57. The number of benzene rings is 1. The molecule has 0 amide bonds. The molecule has 0 saturated carbocycles. The fraction of sp³-hybridized carbons (Fsp3) is 0.545. The van der Waals surface area contributed by atoms with E-state index in [0.29, 0.717) is 5.56 Å². The number of allylic oxidation sites excluding steroid dienone is 3. The van der Waals surface area contributed by atoms with Crippen molar-refractivity contribution in [3.8, 4) is 11.5 Å². The average Bonchev–Trinajstić information content (AvgIpc) is 2.56. The Morgan fingerprint density at radius 1 is 0.750 bits per heavy atom. The Morgan fingerprint density at radius 2 is 1.25 bits per heavy atom. The van der Waals surface area contributed by atoms with E-state index in [0.717, 1.165) is 12.0 Å². The largest absolute Gasteiger partial charge is 0.508 e. The normalized spacial score (nSPS) is 11.8. The molecule has 0 fully saturated rings. The lowest BCUT2D eigenvalue weighted by Gasteiger charge is -2.03. The van der Waals surface area contributed by atoms with Crippen LogP contribution in [0.3, 0.4) is 0 Å². The summed E-state index contributed by atoms with van der Waals surface area (Å²) in [5.74, 6) is 0.304. The van der Waals surface area contributed by atoms with Crippen molar-refractivity contribution in [2.24, 2.45) is 0 Å². The molecule has 0 aliphatic heterocycles. The summed E-state index contributed by atoms with van der Waals surface area (Å²) in [6.45, 7) is 3.92. The summed E-state index contributed by atoms with van der Waals surface area (Å²) in [4.78, 5) is 0. The zero-order chi connectivity index (χ0) is 17.6. The fourth-order valence-electron chi connectivity index (χ4n) is 2.65. The van der Waals surface area contributed by atoms with Gasteiger partial charge < -0.3 is 10.2 Å². The smallest absolute Gasteiger partial charge is 0.122 e. The summed E-state index contributed by atoms with van der Waals surface area (Å²) >= 11 is 0. The van der Waals surface area contributed by atoms with Gasteiger partial charge in [-0.3, -0.25) is 0 Å². The van der Waals surface area contributed by atoms with E-state index in [-0.39, 0.29) is 11.5 Å². The van der Waals surface area contributed by atoms with Crippen LogP contribution in [-0.2, 0) is 0 Å². The predicted molar refractivity (Wildman–Crippen MR) is 105 cm³/mol. The minimum atomic E-state index is 0.152. The second kappa shape index (κ2) is 12.7. The minimum absolute atomic E-state index is 0.152. The van der Waals surface area contributed by atoms with Gasteiger partial charge in [0.1, 0.15) is 11.5 Å². The average molecular weight is 331 g/mol. The molecular weight excluding hydrogens is 296 g/mol. The van der Waals surface area contributed by atoms with E-state index in [2.05, 4.69) is 25.2 Å². The number of unbranched alkanes of at least 4 members (excludes halogenated alkanes) is 8. The predicted octanol–water partition coefficient (Wildman–Crippen LogP) is 6.90. The van der Waals surface area contributed by atoms with Crippen molar-refractivity contribution >= 4 is 6.08 Å². The van der Waals surface area contributed by atoms with Crippen molar-refractivity contribution < 1.29 is 10.2 Å². The molecule has 0 heterocycles. The van der Waals surface area contributed by atoms with Crippen LogP contribution < -0.4 is 0 Å². The van der Waals surface area contributed by atoms with E-state index in [9.17, 15) is 10.2 Å². The lowest BCUT2D eigenvalue weighted by Crippen LogP contribution is -1.81. The van der Waals surface area contributed by atoms with Gasteiger partial charge >= 0.3 is 0 Å². The molecule has 2 heteroatoms. The van der Waals surface area contributed by atoms with E-state index in [1.54, 1.807) is 19.1 Å². The molecule has 0 spiro atoms. The van der Waals surface area contributed by atoms with Crippen LogP contribution in [0.2, 0.25) is 0 Å². The Labute approximate surface area is 147 Å². The second-order valence-electron chi connectivity index (χ2n) is 6.55. The third-order valence-electron chi connectivity index (χ3n) is 4.30. The molecule has 1 rings (SSSR count). The van der Waals surface area contributed by atoms with E-state index in [1.807, 2.05) is 6.08 Å². The van der Waals surface area contributed by atoms with Gasteiger partial charge in [-0.1, -0.05) is 63.3 Å². The molecule has 0 aromatic heterocycles. The zero-order valence-corrected chi connectivity index (χ0v) is 15.4. The lowest BCUT2D eigenvalue weighted by atomic mass is 10.1. The van der Waals surface area contributed by atoms with Gasteiger partial charge in [0.2, 0.25) is 0 Å². The van der Waals surface area contributed by atoms with Crippen LogP contribution >= 0.6 is 0 Å². The molecule has 2 N–H and O–H groups in total. The summed E-state index contributed by atoms with van der Waals surface area (Å²) in [6.07, 6.45) is 21.3. The van der Waals surface area contributed by atoms with Gasteiger partial charge in [-0.25, -0.2) is 0 Å². The number of phenolic OH excluding ortho intramolecular Hbond substituents is 2. The molecule has 1 aromatic carbocycles. The van der Waals surface area contributed by atoms with Crippen LogP contribution in [0, 0.1) is 6.92 Å². The highest BCUT2D eigenvalue weighted by Crippen LogP contribution is 2.28.